The first-order valence-electron chi connectivity index (χ1n) is 11.6. The normalized spacial score (nSPS) is 81.8. The standard InChI is InChI=1S/C24H26O2/c1-2-3-26-23(25)24-20-8-4-6-10-7-5-9(20)14-12(7)17-15(10)16-11(6)13(8)21(24)18(16)19(17)22(14)24/h2,6-22H,1,3-5H2. The van der Waals surface area contributed by atoms with Crippen molar-refractivity contribution < 1.29 is 9.53 Å². The summed E-state index contributed by atoms with van der Waals surface area (Å²) in [6.07, 6.45) is 4.83. The SMILES string of the molecule is C=CCOC(=O)C12C3C4CC5C6C7CC3C3C7C7C6C6C5C4C1C6C7C32. The second-order valence-corrected chi connectivity index (χ2v) is 12.3. The quantitative estimate of drug-likeness (QED) is 0.580. The molecular formula is C24H26O2. The van der Waals surface area contributed by atoms with Crippen molar-refractivity contribution in [2.24, 2.45) is 106 Å². The van der Waals surface area contributed by atoms with Gasteiger partial charge in [-0.05, 0) is 113 Å². The first-order valence-corrected chi connectivity index (χ1v) is 11.6. The van der Waals surface area contributed by atoms with E-state index < -0.39 is 0 Å². The minimum atomic E-state index is -0.0197. The van der Waals surface area contributed by atoms with Crippen molar-refractivity contribution in [1.29, 1.82) is 0 Å². The molecule has 14 atom stereocenters. The molecule has 0 bridgehead atoms. The smallest absolute Gasteiger partial charge is 0.313 e. The van der Waals surface area contributed by atoms with Gasteiger partial charge in [0.05, 0.1) is 5.41 Å². The predicted molar refractivity (Wildman–Crippen MR) is 92.2 cm³/mol. The van der Waals surface area contributed by atoms with E-state index in [0.29, 0.717) is 6.61 Å². The number of esters is 1. The van der Waals surface area contributed by atoms with E-state index in [1.165, 1.54) is 12.8 Å². The molecule has 0 aromatic carbocycles. The molecule has 0 N–H and O–H groups in total. The van der Waals surface area contributed by atoms with Crippen molar-refractivity contribution in [2.45, 2.75) is 12.8 Å². The summed E-state index contributed by atoms with van der Waals surface area (Å²) in [4.78, 5) is 13.8. The van der Waals surface area contributed by atoms with Crippen LogP contribution in [0.2, 0.25) is 0 Å². The van der Waals surface area contributed by atoms with Gasteiger partial charge in [-0.3, -0.25) is 4.79 Å². The van der Waals surface area contributed by atoms with Gasteiger partial charge in [-0.25, -0.2) is 0 Å². The van der Waals surface area contributed by atoms with Crippen LogP contribution in [0.1, 0.15) is 12.8 Å². The summed E-state index contributed by atoms with van der Waals surface area (Å²) in [6.45, 7) is 4.25. The van der Waals surface area contributed by atoms with Gasteiger partial charge in [0.25, 0.3) is 0 Å². The van der Waals surface area contributed by atoms with E-state index in [4.69, 9.17) is 4.74 Å². The number of hydrogen-bond donors (Lipinski definition) is 0. The molecule has 2 heteroatoms. The Labute approximate surface area is 154 Å². The Kier molecular flexibility index (Phi) is 1.54. The van der Waals surface area contributed by atoms with Gasteiger partial charge in [0.2, 0.25) is 0 Å². The maximum atomic E-state index is 13.8. The van der Waals surface area contributed by atoms with Crippen LogP contribution in [-0.4, -0.2) is 12.6 Å². The average Bonchev–Trinajstić information content (AvgIpc) is 3.33. The topological polar surface area (TPSA) is 26.3 Å². The molecular weight excluding hydrogens is 320 g/mol. The lowest BCUT2D eigenvalue weighted by Crippen LogP contribution is -2.45. The van der Waals surface area contributed by atoms with Crippen molar-refractivity contribution >= 4 is 5.97 Å². The third-order valence-corrected chi connectivity index (χ3v) is 13.4. The van der Waals surface area contributed by atoms with E-state index >= 15 is 0 Å². The van der Waals surface area contributed by atoms with E-state index in [-0.39, 0.29) is 11.4 Å². The number of carbonyl (C=O) groups excluding carboxylic acids is 1. The van der Waals surface area contributed by atoms with E-state index in [2.05, 4.69) is 6.58 Å². The van der Waals surface area contributed by atoms with Gasteiger partial charge >= 0.3 is 5.97 Å². The number of fused-ring (bicyclic) bond motifs is 4. The Balaban J connectivity index is 1.33. The van der Waals surface area contributed by atoms with Gasteiger partial charge in [-0.1, -0.05) is 12.7 Å². The maximum absolute atomic E-state index is 13.8. The molecule has 0 aromatic heterocycles. The lowest BCUT2D eigenvalue weighted by Gasteiger charge is -2.40. The fraction of sp³-hybridized carbons (Fsp3) is 0.875. The zero-order valence-corrected chi connectivity index (χ0v) is 15.0. The molecule has 0 heterocycles. The highest BCUT2D eigenvalue weighted by atomic mass is 16.5. The largest absolute Gasteiger partial charge is 0.461 e. The van der Waals surface area contributed by atoms with Crippen LogP contribution >= 0.6 is 0 Å². The van der Waals surface area contributed by atoms with Crippen LogP contribution in [-0.2, 0) is 9.53 Å². The summed E-state index contributed by atoms with van der Waals surface area (Å²) in [6, 6.07) is 0. The molecule has 10 fully saturated rings. The maximum Gasteiger partial charge on any atom is 0.313 e. The van der Waals surface area contributed by atoms with Gasteiger partial charge in [-0.2, -0.15) is 0 Å². The van der Waals surface area contributed by atoms with E-state index in [0.717, 1.165) is 101 Å². The van der Waals surface area contributed by atoms with Crippen LogP contribution in [0.15, 0.2) is 12.7 Å². The third-order valence-electron chi connectivity index (χ3n) is 13.4. The van der Waals surface area contributed by atoms with Gasteiger partial charge in [0.1, 0.15) is 6.61 Å². The zero-order chi connectivity index (χ0) is 16.4. The van der Waals surface area contributed by atoms with Gasteiger partial charge < -0.3 is 4.74 Å². The van der Waals surface area contributed by atoms with E-state index in [1.54, 1.807) is 6.08 Å². The highest BCUT2D eigenvalue weighted by Gasteiger charge is 2.97. The van der Waals surface area contributed by atoms with Crippen LogP contribution in [0.25, 0.3) is 0 Å². The molecule has 10 saturated carbocycles. The van der Waals surface area contributed by atoms with Gasteiger partial charge in [-0.15, -0.1) is 0 Å². The summed E-state index contributed by atoms with van der Waals surface area (Å²) in [5.74, 6) is 16.8. The summed E-state index contributed by atoms with van der Waals surface area (Å²) in [5.41, 5.74) is -0.0197. The molecule has 0 radical (unpaired) electrons. The third kappa shape index (κ3) is 0.754. The molecule has 0 saturated heterocycles. The molecule has 0 amide bonds. The van der Waals surface area contributed by atoms with Crippen LogP contribution < -0.4 is 0 Å². The second kappa shape index (κ2) is 3.16. The highest BCUT2D eigenvalue weighted by molar-refractivity contribution is 5.82. The summed E-state index contributed by atoms with van der Waals surface area (Å²) >= 11 is 0. The molecule has 14 unspecified atom stereocenters. The number of ether oxygens (including phenoxy) is 1. The van der Waals surface area contributed by atoms with Crippen molar-refractivity contribution in [3.05, 3.63) is 12.7 Å². The van der Waals surface area contributed by atoms with E-state index in [9.17, 15) is 4.79 Å². The van der Waals surface area contributed by atoms with Crippen molar-refractivity contribution in [2.75, 3.05) is 6.61 Å². The Morgan fingerprint density at radius 1 is 0.769 bits per heavy atom. The van der Waals surface area contributed by atoms with Crippen molar-refractivity contribution in [1.82, 2.24) is 0 Å². The number of rotatable bonds is 3. The lowest BCUT2D eigenvalue weighted by molar-refractivity contribution is -0.163. The first-order chi connectivity index (χ1) is 12.8. The molecule has 0 spiro atoms. The minimum Gasteiger partial charge on any atom is -0.461 e. The van der Waals surface area contributed by atoms with Crippen LogP contribution in [0.3, 0.4) is 0 Å². The lowest BCUT2D eigenvalue weighted by atomic mass is 9.63. The highest BCUT2D eigenvalue weighted by Crippen LogP contribution is 2.99. The second-order valence-electron chi connectivity index (χ2n) is 12.3. The molecule has 0 aromatic rings. The summed E-state index contributed by atoms with van der Waals surface area (Å²) < 4.78 is 5.96. The van der Waals surface area contributed by atoms with Gasteiger partial charge in [0, 0.05) is 0 Å². The summed E-state index contributed by atoms with van der Waals surface area (Å²) in [5, 5.41) is 0. The average molecular weight is 346 g/mol. The monoisotopic (exact) mass is 346 g/mol. The minimum absolute atomic E-state index is 0.0197. The molecule has 10 rings (SSSR count). The Hall–Kier alpha value is -0.790. The first kappa shape index (κ1) is 12.6. The van der Waals surface area contributed by atoms with Crippen molar-refractivity contribution in [3.63, 3.8) is 0 Å². The number of hydrogen-bond acceptors (Lipinski definition) is 2. The Morgan fingerprint density at radius 3 is 1.92 bits per heavy atom. The van der Waals surface area contributed by atoms with Crippen molar-refractivity contribution in [3.8, 4) is 0 Å². The molecule has 26 heavy (non-hydrogen) atoms. The zero-order valence-electron chi connectivity index (χ0n) is 15.0. The van der Waals surface area contributed by atoms with Crippen LogP contribution in [0.4, 0.5) is 0 Å². The van der Waals surface area contributed by atoms with Crippen LogP contribution in [0, 0.1) is 106 Å². The molecule has 2 nitrogen and oxygen atoms in total. The molecule has 10 aliphatic rings. The molecule has 0 aliphatic heterocycles. The van der Waals surface area contributed by atoms with Crippen LogP contribution in [0.5, 0.6) is 0 Å². The Morgan fingerprint density at radius 2 is 1.35 bits per heavy atom. The van der Waals surface area contributed by atoms with E-state index in [1.807, 2.05) is 0 Å². The molecule has 134 valence electrons. The summed E-state index contributed by atoms with van der Waals surface area (Å²) in [7, 11) is 0. The predicted octanol–water partition coefficient (Wildman–Crippen LogP) is 3.09. The molecule has 10 aliphatic carbocycles. The fourth-order valence-corrected chi connectivity index (χ4v) is 14.9. The fourth-order valence-electron chi connectivity index (χ4n) is 14.9. The number of carbonyl (C=O) groups is 1. The Bertz CT molecular complexity index is 803. The van der Waals surface area contributed by atoms with Gasteiger partial charge in [0.15, 0.2) is 0 Å².